The van der Waals surface area contributed by atoms with E-state index < -0.39 is 58.5 Å². The fourth-order valence-corrected chi connectivity index (χ4v) is 3.33. The molecular weight excluding hydrogens is 487 g/mol. The molecule has 3 aromatic carbocycles. The third kappa shape index (κ3) is 6.37. The Kier molecular flexibility index (Phi) is 7.52. The van der Waals surface area contributed by atoms with E-state index in [0.717, 1.165) is 18.4 Å². The van der Waals surface area contributed by atoms with Gasteiger partial charge in [0.1, 0.15) is 34.6 Å². The van der Waals surface area contributed by atoms with Gasteiger partial charge in [0.25, 0.3) is 0 Å². The lowest BCUT2D eigenvalue weighted by Gasteiger charge is -2.20. The molecule has 186 valence electrons. The quantitative estimate of drug-likeness (QED) is 0.293. The van der Waals surface area contributed by atoms with Crippen LogP contribution >= 0.6 is 0 Å². The van der Waals surface area contributed by atoms with Crippen molar-refractivity contribution in [3.8, 4) is 16.9 Å². The molecule has 0 amide bonds. The van der Waals surface area contributed by atoms with E-state index in [-0.39, 0.29) is 23.8 Å². The van der Waals surface area contributed by atoms with Gasteiger partial charge in [0, 0.05) is 23.8 Å². The molecule has 0 aliphatic carbocycles. The van der Waals surface area contributed by atoms with Gasteiger partial charge in [-0.05, 0) is 41.3 Å². The molecule has 0 aliphatic heterocycles. The number of aryl methyl sites for hydroxylation is 1. The average Bonchev–Trinajstić information content (AvgIpc) is 2.72. The second kappa shape index (κ2) is 10.1. The topological polar surface area (TPSA) is 9.23 Å². The number of allylic oxidation sites excluding steroid dienone is 1. The highest BCUT2D eigenvalue weighted by Crippen LogP contribution is 2.38. The van der Waals surface area contributed by atoms with Crippen LogP contribution in [0.1, 0.15) is 30.0 Å². The van der Waals surface area contributed by atoms with Gasteiger partial charge in [-0.2, -0.15) is 22.0 Å². The number of rotatable bonds is 7. The lowest BCUT2D eigenvalue weighted by atomic mass is 10.00. The van der Waals surface area contributed by atoms with Crippen LogP contribution in [0.25, 0.3) is 17.2 Å². The van der Waals surface area contributed by atoms with Gasteiger partial charge in [-0.25, -0.2) is 17.6 Å². The minimum Gasteiger partial charge on any atom is -0.429 e. The summed E-state index contributed by atoms with van der Waals surface area (Å²) < 4.78 is 127. The summed E-state index contributed by atoms with van der Waals surface area (Å²) in [6.45, 7) is 1.97. The first-order valence-electron chi connectivity index (χ1n) is 10.2. The molecule has 0 N–H and O–H groups in total. The highest BCUT2D eigenvalue weighted by molar-refractivity contribution is 5.64. The standard InChI is InChI=1S/C25H17F9O/c1-2-3-14-4-6-15(7-5-14)16-10-21(28)23(22(29)11-16)25(33,34)35-17-12-19(26)18(20(27)13-17)8-9-24(30,31)32/h4-13H,2-3H2,1H3. The minimum absolute atomic E-state index is 0.0273. The van der Waals surface area contributed by atoms with Crippen LogP contribution in [0.3, 0.4) is 0 Å². The largest absolute Gasteiger partial charge is 0.432 e. The van der Waals surface area contributed by atoms with Gasteiger partial charge in [-0.3, -0.25) is 0 Å². The Hall–Kier alpha value is -3.43. The predicted octanol–water partition coefficient (Wildman–Crippen LogP) is 8.57. The Labute approximate surface area is 194 Å². The van der Waals surface area contributed by atoms with Crippen molar-refractivity contribution in [2.45, 2.75) is 32.1 Å². The molecule has 0 bridgehead atoms. The third-order valence-electron chi connectivity index (χ3n) is 4.90. The van der Waals surface area contributed by atoms with Crippen molar-refractivity contribution in [2.24, 2.45) is 0 Å². The molecule has 35 heavy (non-hydrogen) atoms. The van der Waals surface area contributed by atoms with Crippen molar-refractivity contribution in [2.75, 3.05) is 0 Å². The molecule has 0 spiro atoms. The Morgan fingerprint density at radius 1 is 0.743 bits per heavy atom. The van der Waals surface area contributed by atoms with Gasteiger partial charge in [0.15, 0.2) is 0 Å². The number of hydrogen-bond donors (Lipinski definition) is 0. The van der Waals surface area contributed by atoms with E-state index in [4.69, 9.17) is 0 Å². The first-order valence-corrected chi connectivity index (χ1v) is 10.2. The molecule has 0 radical (unpaired) electrons. The molecule has 0 heterocycles. The van der Waals surface area contributed by atoms with Crippen LogP contribution in [0.2, 0.25) is 0 Å². The van der Waals surface area contributed by atoms with Gasteiger partial charge >= 0.3 is 12.3 Å². The van der Waals surface area contributed by atoms with E-state index in [2.05, 4.69) is 4.74 Å². The summed E-state index contributed by atoms with van der Waals surface area (Å²) >= 11 is 0. The highest BCUT2D eigenvalue weighted by atomic mass is 19.4. The summed E-state index contributed by atoms with van der Waals surface area (Å²) in [5, 5.41) is 0. The van der Waals surface area contributed by atoms with E-state index in [1.807, 2.05) is 6.92 Å². The first kappa shape index (κ1) is 26.2. The third-order valence-corrected chi connectivity index (χ3v) is 4.90. The SMILES string of the molecule is CCCc1ccc(-c2cc(F)c(C(F)(F)Oc3cc(F)c(C=CC(F)(F)F)c(F)c3)c(F)c2)cc1. The molecule has 3 aromatic rings. The Bertz CT molecular complexity index is 1180. The normalized spacial score (nSPS) is 12.4. The van der Waals surface area contributed by atoms with Crippen molar-refractivity contribution in [3.05, 3.63) is 94.6 Å². The molecular formula is C25H17F9O. The van der Waals surface area contributed by atoms with Crippen molar-refractivity contribution >= 4 is 6.08 Å². The van der Waals surface area contributed by atoms with E-state index in [9.17, 15) is 39.5 Å². The first-order chi connectivity index (χ1) is 16.3. The Morgan fingerprint density at radius 3 is 1.77 bits per heavy atom. The summed E-state index contributed by atoms with van der Waals surface area (Å²) in [4.78, 5) is 0. The zero-order valence-electron chi connectivity index (χ0n) is 18.0. The molecule has 0 aromatic heterocycles. The van der Waals surface area contributed by atoms with Gasteiger partial charge in [0.2, 0.25) is 0 Å². The zero-order valence-corrected chi connectivity index (χ0v) is 18.0. The zero-order chi connectivity index (χ0) is 26.0. The van der Waals surface area contributed by atoms with Crippen LogP contribution in [-0.2, 0) is 12.5 Å². The number of hydrogen-bond acceptors (Lipinski definition) is 1. The molecule has 1 nitrogen and oxygen atoms in total. The summed E-state index contributed by atoms with van der Waals surface area (Å²) in [6.07, 6.45) is -8.30. The van der Waals surface area contributed by atoms with Crippen LogP contribution in [0.5, 0.6) is 5.75 Å². The van der Waals surface area contributed by atoms with Crippen LogP contribution in [-0.4, -0.2) is 6.18 Å². The molecule has 10 heteroatoms. The Balaban J connectivity index is 1.90. The maximum Gasteiger partial charge on any atom is 0.432 e. The Morgan fingerprint density at radius 2 is 1.29 bits per heavy atom. The van der Waals surface area contributed by atoms with E-state index >= 15 is 0 Å². The molecule has 0 saturated carbocycles. The molecule has 0 fully saturated rings. The fraction of sp³-hybridized carbons (Fsp3) is 0.200. The highest BCUT2D eigenvalue weighted by Gasteiger charge is 2.41. The van der Waals surface area contributed by atoms with Crippen LogP contribution in [0.4, 0.5) is 39.5 Å². The van der Waals surface area contributed by atoms with Crippen molar-refractivity contribution in [1.82, 2.24) is 0 Å². The number of alkyl halides is 5. The maximum atomic E-state index is 14.6. The summed E-state index contributed by atoms with van der Waals surface area (Å²) in [7, 11) is 0. The van der Waals surface area contributed by atoms with Crippen LogP contribution in [0, 0.1) is 23.3 Å². The van der Waals surface area contributed by atoms with Gasteiger partial charge in [-0.15, -0.1) is 0 Å². The average molecular weight is 504 g/mol. The summed E-state index contributed by atoms with van der Waals surface area (Å²) in [5.74, 6) is -7.84. The number of halogens is 9. The van der Waals surface area contributed by atoms with Gasteiger partial charge < -0.3 is 4.74 Å². The lowest BCUT2D eigenvalue weighted by Crippen LogP contribution is -2.25. The van der Waals surface area contributed by atoms with E-state index in [0.29, 0.717) is 17.7 Å². The maximum absolute atomic E-state index is 14.6. The molecule has 0 atom stereocenters. The van der Waals surface area contributed by atoms with E-state index in [1.165, 1.54) is 0 Å². The molecule has 0 saturated heterocycles. The van der Waals surface area contributed by atoms with Crippen LogP contribution in [0.15, 0.2) is 54.6 Å². The lowest BCUT2D eigenvalue weighted by molar-refractivity contribution is -0.189. The second-order valence-electron chi connectivity index (χ2n) is 7.56. The minimum atomic E-state index is -4.88. The molecule has 0 unspecified atom stereocenters. The van der Waals surface area contributed by atoms with Gasteiger partial charge in [-0.1, -0.05) is 37.6 Å². The van der Waals surface area contributed by atoms with Crippen molar-refractivity contribution in [1.29, 1.82) is 0 Å². The monoisotopic (exact) mass is 504 g/mol. The van der Waals surface area contributed by atoms with Crippen molar-refractivity contribution in [3.63, 3.8) is 0 Å². The fourth-order valence-electron chi connectivity index (χ4n) is 3.33. The second-order valence-corrected chi connectivity index (χ2v) is 7.56. The molecule has 0 aliphatic rings. The van der Waals surface area contributed by atoms with Crippen LogP contribution < -0.4 is 4.74 Å². The van der Waals surface area contributed by atoms with Crippen molar-refractivity contribution < 1.29 is 44.3 Å². The number of benzene rings is 3. The summed E-state index contributed by atoms with van der Waals surface area (Å²) in [6, 6.07) is 8.30. The van der Waals surface area contributed by atoms with Gasteiger partial charge in [0.05, 0.1) is 0 Å². The molecule has 3 rings (SSSR count). The van der Waals surface area contributed by atoms with E-state index in [1.54, 1.807) is 24.3 Å². The number of ether oxygens (including phenoxy) is 1. The predicted molar refractivity (Wildman–Crippen MR) is 112 cm³/mol. The summed E-state index contributed by atoms with van der Waals surface area (Å²) in [5.41, 5.74) is -1.64. The smallest absolute Gasteiger partial charge is 0.429 e.